The summed E-state index contributed by atoms with van der Waals surface area (Å²) in [6, 6.07) is 14.0. The number of halogens is 1. The molecule has 1 aromatic heterocycles. The molecule has 0 saturated carbocycles. The SMILES string of the molecule is CSc1ccc2cc(COC(=O)Cc3ccc(C)c(C)c3)c(Cl)nc2c1. The Labute approximate surface area is 162 Å². The average molecular weight is 386 g/mol. The molecule has 0 aliphatic heterocycles. The van der Waals surface area contributed by atoms with Crippen LogP contribution in [-0.4, -0.2) is 17.2 Å². The molecule has 26 heavy (non-hydrogen) atoms. The molecule has 0 aliphatic rings. The van der Waals surface area contributed by atoms with Crippen LogP contribution in [0.15, 0.2) is 47.4 Å². The highest BCUT2D eigenvalue weighted by atomic mass is 35.5. The van der Waals surface area contributed by atoms with Crippen molar-refractivity contribution >= 4 is 40.2 Å². The van der Waals surface area contributed by atoms with Crippen molar-refractivity contribution in [2.24, 2.45) is 0 Å². The highest BCUT2D eigenvalue weighted by Crippen LogP contribution is 2.25. The van der Waals surface area contributed by atoms with Crippen LogP contribution in [0, 0.1) is 13.8 Å². The van der Waals surface area contributed by atoms with Crippen LogP contribution in [0.3, 0.4) is 0 Å². The fraction of sp³-hybridized carbons (Fsp3) is 0.238. The van der Waals surface area contributed by atoms with Crippen LogP contribution < -0.4 is 0 Å². The van der Waals surface area contributed by atoms with Gasteiger partial charge in [0.05, 0.1) is 11.9 Å². The Morgan fingerprint density at radius 3 is 2.65 bits per heavy atom. The van der Waals surface area contributed by atoms with E-state index in [0.29, 0.717) is 10.7 Å². The number of aromatic nitrogens is 1. The highest BCUT2D eigenvalue weighted by molar-refractivity contribution is 7.98. The van der Waals surface area contributed by atoms with Gasteiger partial charge in [0.15, 0.2) is 0 Å². The number of benzene rings is 2. The summed E-state index contributed by atoms with van der Waals surface area (Å²) in [5.41, 5.74) is 4.88. The van der Waals surface area contributed by atoms with Crippen LogP contribution in [-0.2, 0) is 22.6 Å². The molecule has 0 saturated heterocycles. The number of carbonyl (C=O) groups is 1. The molecule has 0 fully saturated rings. The van der Waals surface area contributed by atoms with Gasteiger partial charge in [-0.25, -0.2) is 4.98 Å². The minimum atomic E-state index is -0.276. The predicted molar refractivity (Wildman–Crippen MR) is 108 cm³/mol. The van der Waals surface area contributed by atoms with Gasteiger partial charge in [-0.05, 0) is 55.0 Å². The minimum Gasteiger partial charge on any atom is -0.460 e. The van der Waals surface area contributed by atoms with Gasteiger partial charge >= 0.3 is 5.97 Å². The first-order chi connectivity index (χ1) is 12.5. The summed E-state index contributed by atoms with van der Waals surface area (Å²) in [5.74, 6) is -0.276. The quantitative estimate of drug-likeness (QED) is 0.329. The minimum absolute atomic E-state index is 0.121. The summed E-state index contributed by atoms with van der Waals surface area (Å²) in [6.07, 6.45) is 2.27. The smallest absolute Gasteiger partial charge is 0.310 e. The number of hydrogen-bond acceptors (Lipinski definition) is 4. The first-order valence-corrected chi connectivity index (χ1v) is 9.91. The zero-order chi connectivity index (χ0) is 18.7. The number of fused-ring (bicyclic) bond motifs is 1. The van der Waals surface area contributed by atoms with Crippen molar-refractivity contribution in [3.05, 3.63) is 69.9 Å². The second kappa shape index (κ2) is 8.11. The van der Waals surface area contributed by atoms with Crippen LogP contribution in [0.2, 0.25) is 5.15 Å². The molecule has 0 N–H and O–H groups in total. The number of hydrogen-bond donors (Lipinski definition) is 0. The number of pyridine rings is 1. The van der Waals surface area contributed by atoms with Crippen LogP contribution in [0.1, 0.15) is 22.3 Å². The number of aryl methyl sites for hydroxylation is 2. The summed E-state index contributed by atoms with van der Waals surface area (Å²) < 4.78 is 5.41. The summed E-state index contributed by atoms with van der Waals surface area (Å²) in [6.45, 7) is 4.21. The van der Waals surface area contributed by atoms with E-state index < -0.39 is 0 Å². The third kappa shape index (κ3) is 4.37. The van der Waals surface area contributed by atoms with E-state index in [1.54, 1.807) is 11.8 Å². The Bertz CT molecular complexity index is 972. The lowest BCUT2D eigenvalue weighted by molar-refractivity contribution is -0.144. The maximum absolute atomic E-state index is 12.2. The molecule has 0 spiro atoms. The molecular weight excluding hydrogens is 366 g/mol. The van der Waals surface area contributed by atoms with Gasteiger partial charge in [-0.15, -0.1) is 11.8 Å². The third-order valence-electron chi connectivity index (χ3n) is 4.36. The molecular formula is C21H20ClNO2S. The number of rotatable bonds is 5. The molecule has 5 heteroatoms. The van der Waals surface area contributed by atoms with Gasteiger partial charge in [0.2, 0.25) is 0 Å². The van der Waals surface area contributed by atoms with E-state index in [2.05, 4.69) is 4.98 Å². The number of thioether (sulfide) groups is 1. The van der Waals surface area contributed by atoms with Gasteiger partial charge in [0.1, 0.15) is 11.8 Å². The van der Waals surface area contributed by atoms with Crippen molar-refractivity contribution in [3.8, 4) is 0 Å². The number of carbonyl (C=O) groups excluding carboxylic acids is 1. The molecule has 0 amide bonds. The molecule has 3 nitrogen and oxygen atoms in total. The largest absolute Gasteiger partial charge is 0.460 e. The lowest BCUT2D eigenvalue weighted by Crippen LogP contribution is -2.09. The van der Waals surface area contributed by atoms with E-state index >= 15 is 0 Å². The van der Waals surface area contributed by atoms with Crippen LogP contribution in [0.5, 0.6) is 0 Å². The Balaban J connectivity index is 1.69. The van der Waals surface area contributed by atoms with Gasteiger partial charge < -0.3 is 4.74 Å². The summed E-state index contributed by atoms with van der Waals surface area (Å²) in [5, 5.41) is 1.35. The Morgan fingerprint density at radius 1 is 1.12 bits per heavy atom. The number of esters is 1. The van der Waals surface area contributed by atoms with Gasteiger partial charge in [-0.1, -0.05) is 35.9 Å². The molecule has 1 heterocycles. The molecule has 0 radical (unpaired) electrons. The topological polar surface area (TPSA) is 39.2 Å². The molecule has 134 valence electrons. The summed E-state index contributed by atoms with van der Waals surface area (Å²) in [4.78, 5) is 17.7. The van der Waals surface area contributed by atoms with Crippen molar-refractivity contribution in [1.82, 2.24) is 4.98 Å². The fourth-order valence-electron chi connectivity index (χ4n) is 2.68. The average Bonchev–Trinajstić information content (AvgIpc) is 2.62. The normalized spacial score (nSPS) is 10.9. The van der Waals surface area contributed by atoms with Crippen molar-refractivity contribution in [2.45, 2.75) is 31.8 Å². The highest BCUT2D eigenvalue weighted by Gasteiger charge is 2.10. The zero-order valence-corrected chi connectivity index (χ0v) is 16.6. The molecule has 0 aliphatic carbocycles. The molecule has 0 atom stereocenters. The van der Waals surface area contributed by atoms with Crippen molar-refractivity contribution in [1.29, 1.82) is 0 Å². The number of ether oxygens (including phenoxy) is 1. The Kier molecular flexibility index (Phi) is 5.84. The van der Waals surface area contributed by atoms with Crippen LogP contribution in [0.4, 0.5) is 0 Å². The zero-order valence-electron chi connectivity index (χ0n) is 15.0. The van der Waals surface area contributed by atoms with Crippen LogP contribution in [0.25, 0.3) is 10.9 Å². The van der Waals surface area contributed by atoms with Gasteiger partial charge in [0.25, 0.3) is 0 Å². The first-order valence-electron chi connectivity index (χ1n) is 8.31. The molecule has 0 unspecified atom stereocenters. The molecule has 3 rings (SSSR count). The van der Waals surface area contributed by atoms with E-state index in [4.69, 9.17) is 16.3 Å². The fourth-order valence-corrected chi connectivity index (χ4v) is 3.32. The van der Waals surface area contributed by atoms with Crippen molar-refractivity contribution < 1.29 is 9.53 Å². The molecule has 0 bridgehead atoms. The first kappa shape index (κ1) is 18.7. The van der Waals surface area contributed by atoms with Crippen molar-refractivity contribution in [3.63, 3.8) is 0 Å². The second-order valence-electron chi connectivity index (χ2n) is 6.25. The standard InChI is InChI=1S/C21H20ClNO2S/c1-13-4-5-15(8-14(13)2)9-20(24)25-12-17-10-16-6-7-18(26-3)11-19(16)23-21(17)22/h4-8,10-11H,9,12H2,1-3H3. The van der Waals surface area contributed by atoms with Crippen molar-refractivity contribution in [2.75, 3.05) is 6.26 Å². The predicted octanol–water partition coefficient (Wildman–Crippen LogP) is 5.51. The monoisotopic (exact) mass is 385 g/mol. The maximum atomic E-state index is 12.2. The van der Waals surface area contributed by atoms with Gasteiger partial charge in [-0.2, -0.15) is 0 Å². The maximum Gasteiger partial charge on any atom is 0.310 e. The van der Waals surface area contributed by atoms with Crippen LogP contribution >= 0.6 is 23.4 Å². The van der Waals surface area contributed by atoms with Gasteiger partial charge in [0, 0.05) is 15.8 Å². The number of nitrogens with zero attached hydrogens (tertiary/aromatic N) is 1. The van der Waals surface area contributed by atoms with E-state index in [-0.39, 0.29) is 19.0 Å². The third-order valence-corrected chi connectivity index (χ3v) is 5.41. The lowest BCUT2D eigenvalue weighted by atomic mass is 10.0. The van der Waals surface area contributed by atoms with Gasteiger partial charge in [-0.3, -0.25) is 4.79 Å². The molecule has 2 aromatic carbocycles. The van der Waals surface area contributed by atoms with E-state index in [1.165, 1.54) is 11.1 Å². The summed E-state index contributed by atoms with van der Waals surface area (Å²) >= 11 is 7.93. The van der Waals surface area contributed by atoms with E-state index in [9.17, 15) is 4.79 Å². The Morgan fingerprint density at radius 2 is 1.92 bits per heavy atom. The Hall–Kier alpha value is -2.04. The van der Waals surface area contributed by atoms with E-state index in [0.717, 1.165) is 21.4 Å². The molecule has 3 aromatic rings. The second-order valence-corrected chi connectivity index (χ2v) is 7.49. The van der Waals surface area contributed by atoms with E-state index in [1.807, 2.05) is 62.6 Å². The summed E-state index contributed by atoms with van der Waals surface area (Å²) in [7, 11) is 0. The lowest BCUT2D eigenvalue weighted by Gasteiger charge is -2.09.